The van der Waals surface area contributed by atoms with Crippen LogP contribution < -0.4 is 5.32 Å². The molecular weight excluding hydrogens is 407 g/mol. The molecule has 1 unspecified atom stereocenters. The van der Waals surface area contributed by atoms with E-state index in [-0.39, 0.29) is 13.0 Å². The van der Waals surface area contributed by atoms with E-state index in [1.807, 2.05) is 0 Å². The number of nitrogens with one attached hydrogen (secondary N) is 1. The summed E-state index contributed by atoms with van der Waals surface area (Å²) in [5.74, 6) is -3.65. The Balaban J connectivity index is 1.76. The molecule has 1 heterocycles. The predicted octanol–water partition coefficient (Wildman–Crippen LogP) is 4.29. The fourth-order valence-electron chi connectivity index (χ4n) is 3.41. The first-order chi connectivity index (χ1) is 14.2. The third-order valence-corrected chi connectivity index (χ3v) is 4.90. The molecule has 0 aromatic heterocycles. The van der Waals surface area contributed by atoms with Crippen molar-refractivity contribution in [2.24, 2.45) is 0 Å². The molecule has 0 bridgehead atoms. The maximum Gasteiger partial charge on any atom is 0.416 e. The van der Waals surface area contributed by atoms with Gasteiger partial charge in [-0.1, -0.05) is 18.2 Å². The average Bonchev–Trinajstić information content (AvgIpc) is 2.84. The van der Waals surface area contributed by atoms with Crippen molar-refractivity contribution in [2.45, 2.75) is 38.0 Å². The molecule has 4 nitrogen and oxygen atoms in total. The number of benzene rings is 2. The second-order valence-electron chi connectivity index (χ2n) is 7.08. The smallest absolute Gasteiger partial charge is 0.340 e. The lowest BCUT2D eigenvalue weighted by Crippen LogP contribution is -2.47. The Bertz CT molecular complexity index is 925. The van der Waals surface area contributed by atoms with E-state index >= 15 is 0 Å². The van der Waals surface area contributed by atoms with Crippen LogP contribution in [0.25, 0.3) is 0 Å². The fraction of sp³-hybridized carbons (Fsp3) is 0.333. The second-order valence-corrected chi connectivity index (χ2v) is 7.08. The van der Waals surface area contributed by atoms with Gasteiger partial charge in [0, 0.05) is 13.1 Å². The van der Waals surface area contributed by atoms with Crippen molar-refractivity contribution in [3.8, 4) is 0 Å². The zero-order valence-corrected chi connectivity index (χ0v) is 15.8. The van der Waals surface area contributed by atoms with Crippen LogP contribution in [0.4, 0.5) is 22.0 Å². The minimum Gasteiger partial charge on any atom is -0.340 e. The number of carbonyl (C=O) groups excluding carboxylic acids is 2. The lowest BCUT2D eigenvalue weighted by Gasteiger charge is -2.25. The number of amides is 2. The van der Waals surface area contributed by atoms with E-state index in [1.54, 1.807) is 0 Å². The van der Waals surface area contributed by atoms with Gasteiger partial charge in [0.25, 0.3) is 5.91 Å². The number of carbonyl (C=O) groups is 2. The first kappa shape index (κ1) is 21.7. The highest BCUT2D eigenvalue weighted by Gasteiger charge is 2.32. The van der Waals surface area contributed by atoms with Gasteiger partial charge in [0.15, 0.2) is 0 Å². The largest absolute Gasteiger partial charge is 0.416 e. The molecule has 1 atom stereocenters. The first-order valence-electron chi connectivity index (χ1n) is 9.36. The van der Waals surface area contributed by atoms with E-state index < -0.39 is 46.8 Å². The van der Waals surface area contributed by atoms with Gasteiger partial charge in [-0.3, -0.25) is 9.59 Å². The molecule has 2 aromatic rings. The highest BCUT2D eigenvalue weighted by atomic mass is 19.4. The first-order valence-corrected chi connectivity index (χ1v) is 9.36. The van der Waals surface area contributed by atoms with Crippen LogP contribution >= 0.6 is 0 Å². The monoisotopic (exact) mass is 426 g/mol. The number of alkyl halides is 3. The van der Waals surface area contributed by atoms with Crippen LogP contribution in [0.15, 0.2) is 42.5 Å². The molecule has 0 aliphatic carbocycles. The van der Waals surface area contributed by atoms with Gasteiger partial charge in [-0.25, -0.2) is 8.78 Å². The normalized spacial score (nSPS) is 17.6. The maximum atomic E-state index is 13.8. The molecule has 1 aliphatic heterocycles. The molecule has 3 rings (SSSR count). The number of likely N-dealkylation sites (tertiary alicyclic amines) is 1. The van der Waals surface area contributed by atoms with Crippen LogP contribution in [0.2, 0.25) is 0 Å². The van der Waals surface area contributed by atoms with Crippen molar-refractivity contribution in [3.05, 3.63) is 70.8 Å². The minimum atomic E-state index is -4.50. The quantitative estimate of drug-likeness (QED) is 0.742. The molecule has 1 saturated heterocycles. The van der Waals surface area contributed by atoms with E-state index in [0.29, 0.717) is 24.9 Å². The van der Waals surface area contributed by atoms with Crippen molar-refractivity contribution in [3.63, 3.8) is 0 Å². The maximum absolute atomic E-state index is 13.8. The molecule has 1 fully saturated rings. The molecule has 30 heavy (non-hydrogen) atoms. The van der Waals surface area contributed by atoms with Crippen molar-refractivity contribution in [2.75, 3.05) is 6.54 Å². The Labute approximate surface area is 169 Å². The SMILES string of the molecule is O=C(NC1CCCCN(Cc2cccc(C(F)(F)F)c2)C1=O)c1c(F)cccc1F. The van der Waals surface area contributed by atoms with Gasteiger partial charge >= 0.3 is 6.18 Å². The Kier molecular flexibility index (Phi) is 6.38. The van der Waals surface area contributed by atoms with E-state index in [0.717, 1.165) is 30.3 Å². The van der Waals surface area contributed by atoms with E-state index in [9.17, 15) is 31.5 Å². The number of rotatable bonds is 4. The fourth-order valence-corrected chi connectivity index (χ4v) is 3.41. The summed E-state index contributed by atoms with van der Waals surface area (Å²) in [6.07, 6.45) is -3.08. The standard InChI is InChI=1S/C21H19F5N2O2/c22-15-7-4-8-16(23)18(15)19(29)27-17-9-1-2-10-28(20(17)30)12-13-5-3-6-14(11-13)21(24,25)26/h3-8,11,17H,1-2,9-10,12H2,(H,27,29). The van der Waals surface area contributed by atoms with Crippen LogP contribution in [-0.4, -0.2) is 29.3 Å². The van der Waals surface area contributed by atoms with Gasteiger partial charge in [-0.05, 0) is 49.1 Å². The number of halogens is 5. The molecule has 2 aromatic carbocycles. The van der Waals surface area contributed by atoms with Crippen molar-refractivity contribution in [1.29, 1.82) is 0 Å². The van der Waals surface area contributed by atoms with Crippen molar-refractivity contribution < 1.29 is 31.5 Å². The van der Waals surface area contributed by atoms with E-state index in [1.165, 1.54) is 17.0 Å². The summed E-state index contributed by atoms with van der Waals surface area (Å²) in [5.41, 5.74) is -1.30. The zero-order valence-electron chi connectivity index (χ0n) is 15.8. The summed E-state index contributed by atoms with van der Waals surface area (Å²) in [5, 5.41) is 2.37. The van der Waals surface area contributed by atoms with Crippen LogP contribution in [0, 0.1) is 11.6 Å². The lowest BCUT2D eigenvalue weighted by atomic mass is 10.1. The zero-order chi connectivity index (χ0) is 21.9. The van der Waals surface area contributed by atoms with Crippen LogP contribution in [-0.2, 0) is 17.5 Å². The second kappa shape index (κ2) is 8.81. The third-order valence-electron chi connectivity index (χ3n) is 4.90. The molecular formula is C21H19F5N2O2. The number of hydrogen-bond donors (Lipinski definition) is 1. The van der Waals surface area contributed by atoms with E-state index in [2.05, 4.69) is 5.32 Å². The van der Waals surface area contributed by atoms with Gasteiger partial charge in [0.2, 0.25) is 5.91 Å². The highest BCUT2D eigenvalue weighted by molar-refractivity contribution is 5.98. The molecule has 0 spiro atoms. The molecule has 0 saturated carbocycles. The Morgan fingerprint density at radius 2 is 1.73 bits per heavy atom. The van der Waals surface area contributed by atoms with Gasteiger partial charge in [-0.15, -0.1) is 0 Å². The lowest BCUT2D eigenvalue weighted by molar-refractivity contribution is -0.137. The Hall–Kier alpha value is -2.97. The summed E-state index contributed by atoms with van der Waals surface area (Å²) < 4.78 is 66.5. The summed E-state index contributed by atoms with van der Waals surface area (Å²) >= 11 is 0. The Morgan fingerprint density at radius 3 is 2.40 bits per heavy atom. The summed E-state index contributed by atoms with van der Waals surface area (Å²) in [6, 6.07) is 6.63. The van der Waals surface area contributed by atoms with E-state index in [4.69, 9.17) is 0 Å². The van der Waals surface area contributed by atoms with Gasteiger partial charge in [-0.2, -0.15) is 13.2 Å². The summed E-state index contributed by atoms with van der Waals surface area (Å²) in [7, 11) is 0. The van der Waals surface area contributed by atoms with Crippen molar-refractivity contribution in [1.82, 2.24) is 10.2 Å². The molecule has 1 aliphatic rings. The minimum absolute atomic E-state index is 0.0663. The molecule has 9 heteroatoms. The summed E-state index contributed by atoms with van der Waals surface area (Å²) in [6.45, 7) is 0.235. The predicted molar refractivity (Wildman–Crippen MR) is 98.3 cm³/mol. The molecule has 1 N–H and O–H groups in total. The van der Waals surface area contributed by atoms with Gasteiger partial charge in [0.05, 0.1) is 5.56 Å². The molecule has 0 radical (unpaired) electrons. The van der Waals surface area contributed by atoms with Crippen LogP contribution in [0.1, 0.15) is 40.7 Å². The summed E-state index contributed by atoms with van der Waals surface area (Å²) in [4.78, 5) is 26.6. The number of hydrogen-bond acceptors (Lipinski definition) is 2. The van der Waals surface area contributed by atoms with Crippen LogP contribution in [0.3, 0.4) is 0 Å². The van der Waals surface area contributed by atoms with Gasteiger partial charge < -0.3 is 10.2 Å². The van der Waals surface area contributed by atoms with Gasteiger partial charge in [0.1, 0.15) is 23.2 Å². The molecule has 2 amide bonds. The Morgan fingerprint density at radius 1 is 1.07 bits per heavy atom. The number of nitrogens with zero attached hydrogens (tertiary/aromatic N) is 1. The average molecular weight is 426 g/mol. The van der Waals surface area contributed by atoms with Crippen molar-refractivity contribution >= 4 is 11.8 Å². The third kappa shape index (κ3) is 4.95. The topological polar surface area (TPSA) is 49.4 Å². The molecule has 160 valence electrons. The van der Waals surface area contributed by atoms with Crippen LogP contribution in [0.5, 0.6) is 0 Å². The highest BCUT2D eigenvalue weighted by Crippen LogP contribution is 2.30.